The molecule has 3 rings (SSSR count). The van der Waals surface area contributed by atoms with Crippen LogP contribution in [-0.2, 0) is 17.6 Å². The van der Waals surface area contributed by atoms with E-state index in [0.29, 0.717) is 29.5 Å². The number of nitrogens with zero attached hydrogens (tertiary/aromatic N) is 2. The zero-order valence-corrected chi connectivity index (χ0v) is 15.9. The molecule has 0 bridgehead atoms. The fourth-order valence-corrected chi connectivity index (χ4v) is 3.19. The summed E-state index contributed by atoms with van der Waals surface area (Å²) in [6.07, 6.45) is 1.45. The number of aromatic nitrogens is 3. The highest BCUT2D eigenvalue weighted by molar-refractivity contribution is 7.99. The van der Waals surface area contributed by atoms with E-state index in [0.717, 1.165) is 12.0 Å². The quantitative estimate of drug-likeness (QED) is 0.582. The number of rotatable bonds is 8. The summed E-state index contributed by atoms with van der Waals surface area (Å²) in [5, 5.41) is 10.4. The van der Waals surface area contributed by atoms with Gasteiger partial charge < -0.3 is 5.32 Å². The summed E-state index contributed by atoms with van der Waals surface area (Å²) >= 11 is 1.26. The fraction of sp³-hybridized carbons (Fsp3) is 0.250. The topological polar surface area (TPSA) is 70.7 Å². The number of amides is 1. The van der Waals surface area contributed by atoms with Crippen molar-refractivity contribution in [3.63, 3.8) is 0 Å². The largest absolute Gasteiger partial charge is 0.355 e. The van der Waals surface area contributed by atoms with E-state index in [1.54, 1.807) is 18.2 Å². The lowest BCUT2D eigenvalue weighted by Gasteiger charge is -2.05. The van der Waals surface area contributed by atoms with Crippen molar-refractivity contribution in [2.45, 2.75) is 24.9 Å². The normalized spacial score (nSPS) is 10.7. The van der Waals surface area contributed by atoms with Crippen LogP contribution in [-0.4, -0.2) is 33.4 Å². The lowest BCUT2D eigenvalue weighted by atomic mass is 10.1. The Balaban J connectivity index is 1.45. The first-order chi connectivity index (χ1) is 13.2. The van der Waals surface area contributed by atoms with Crippen molar-refractivity contribution in [2.24, 2.45) is 0 Å². The second-order valence-electron chi connectivity index (χ2n) is 6.00. The van der Waals surface area contributed by atoms with Gasteiger partial charge in [-0.25, -0.2) is 9.37 Å². The number of aromatic amines is 1. The van der Waals surface area contributed by atoms with Gasteiger partial charge in [0.2, 0.25) is 11.1 Å². The average molecular weight is 384 g/mol. The van der Waals surface area contributed by atoms with Crippen LogP contribution in [0.1, 0.15) is 18.1 Å². The Bertz CT molecular complexity index is 895. The van der Waals surface area contributed by atoms with Gasteiger partial charge in [0.05, 0.1) is 5.75 Å². The molecule has 27 heavy (non-hydrogen) atoms. The van der Waals surface area contributed by atoms with Crippen molar-refractivity contribution in [3.8, 4) is 11.4 Å². The van der Waals surface area contributed by atoms with E-state index >= 15 is 0 Å². The monoisotopic (exact) mass is 384 g/mol. The molecule has 5 nitrogen and oxygen atoms in total. The first-order valence-electron chi connectivity index (χ1n) is 8.80. The van der Waals surface area contributed by atoms with Crippen molar-refractivity contribution in [1.82, 2.24) is 20.5 Å². The van der Waals surface area contributed by atoms with E-state index in [2.05, 4.69) is 39.6 Å². The third kappa shape index (κ3) is 5.40. The molecule has 0 atom stereocenters. The first-order valence-corrected chi connectivity index (χ1v) is 9.79. The maximum Gasteiger partial charge on any atom is 0.230 e. The Kier molecular flexibility index (Phi) is 6.59. The molecule has 2 aromatic carbocycles. The number of H-pyrrole nitrogens is 1. The van der Waals surface area contributed by atoms with Crippen molar-refractivity contribution < 1.29 is 9.18 Å². The highest BCUT2D eigenvalue weighted by Crippen LogP contribution is 2.19. The zero-order chi connectivity index (χ0) is 19.1. The highest BCUT2D eigenvalue weighted by Gasteiger charge is 2.09. The van der Waals surface area contributed by atoms with E-state index < -0.39 is 0 Å². The van der Waals surface area contributed by atoms with Gasteiger partial charge in [-0.1, -0.05) is 61.2 Å². The van der Waals surface area contributed by atoms with Gasteiger partial charge in [0, 0.05) is 12.1 Å². The van der Waals surface area contributed by atoms with Crippen LogP contribution in [0.3, 0.4) is 0 Å². The highest BCUT2D eigenvalue weighted by atomic mass is 32.2. The summed E-state index contributed by atoms with van der Waals surface area (Å²) in [7, 11) is 0. The number of carbonyl (C=O) groups is 1. The number of benzene rings is 2. The maximum atomic E-state index is 13.5. The molecule has 1 amide bonds. The number of nitrogens with one attached hydrogen (secondary N) is 2. The molecule has 0 aliphatic carbocycles. The molecule has 1 aromatic heterocycles. The summed E-state index contributed by atoms with van der Waals surface area (Å²) < 4.78 is 13.5. The molecule has 2 N–H and O–H groups in total. The van der Waals surface area contributed by atoms with Gasteiger partial charge in [-0.2, -0.15) is 0 Å². The van der Waals surface area contributed by atoms with Crippen LogP contribution in [0.5, 0.6) is 0 Å². The zero-order valence-electron chi connectivity index (χ0n) is 15.0. The molecule has 1 heterocycles. The summed E-state index contributed by atoms with van der Waals surface area (Å²) in [5.74, 6) is 0.514. The van der Waals surface area contributed by atoms with E-state index in [-0.39, 0.29) is 17.5 Å². The number of aryl methyl sites for hydroxylation is 1. The molecule has 7 heteroatoms. The van der Waals surface area contributed by atoms with Gasteiger partial charge >= 0.3 is 0 Å². The molecule has 0 spiro atoms. The molecule has 140 valence electrons. The van der Waals surface area contributed by atoms with Gasteiger partial charge in [-0.05, 0) is 30.0 Å². The number of carbonyl (C=O) groups excluding carboxylic acids is 1. The minimum Gasteiger partial charge on any atom is -0.355 e. The van der Waals surface area contributed by atoms with E-state index in [9.17, 15) is 9.18 Å². The molecule has 0 radical (unpaired) electrons. The molecule has 3 aromatic rings. The summed E-state index contributed by atoms with van der Waals surface area (Å²) in [6.45, 7) is 2.50. The minimum atomic E-state index is -0.249. The fourth-order valence-electron chi connectivity index (χ4n) is 2.56. The molecule has 0 unspecified atom stereocenters. The number of hydrogen-bond acceptors (Lipinski definition) is 4. The third-order valence-electron chi connectivity index (χ3n) is 4.11. The van der Waals surface area contributed by atoms with Gasteiger partial charge in [-0.15, -0.1) is 5.10 Å². The Morgan fingerprint density at radius 3 is 2.70 bits per heavy atom. The van der Waals surface area contributed by atoms with E-state index in [1.165, 1.54) is 23.4 Å². The van der Waals surface area contributed by atoms with Crippen molar-refractivity contribution >= 4 is 17.7 Å². The third-order valence-corrected chi connectivity index (χ3v) is 4.95. The van der Waals surface area contributed by atoms with Gasteiger partial charge in [-0.3, -0.25) is 9.89 Å². The summed E-state index contributed by atoms with van der Waals surface area (Å²) in [4.78, 5) is 16.4. The molecule has 0 saturated heterocycles. The van der Waals surface area contributed by atoms with Crippen LogP contribution < -0.4 is 5.32 Å². The van der Waals surface area contributed by atoms with Crippen LogP contribution in [0.4, 0.5) is 4.39 Å². The van der Waals surface area contributed by atoms with Gasteiger partial charge in [0.25, 0.3) is 0 Å². The molecule has 0 aliphatic heterocycles. The standard InChI is InChI=1S/C20H21FN4OS/c1-2-14-7-9-16(10-8-14)19-23-20(25-24-19)27-13-18(26)22-12-11-15-5-3-4-6-17(15)21/h3-10H,2,11-13H2,1H3,(H,22,26)(H,23,24,25). The van der Waals surface area contributed by atoms with Crippen LogP contribution in [0.2, 0.25) is 0 Å². The molecular formula is C20H21FN4OS. The first kappa shape index (κ1) is 19.1. The van der Waals surface area contributed by atoms with Crippen LogP contribution in [0.15, 0.2) is 53.7 Å². The molecular weight excluding hydrogens is 363 g/mol. The lowest BCUT2D eigenvalue weighted by Crippen LogP contribution is -2.27. The predicted molar refractivity (Wildman–Crippen MR) is 105 cm³/mol. The van der Waals surface area contributed by atoms with Gasteiger partial charge in [0.1, 0.15) is 5.82 Å². The lowest BCUT2D eigenvalue weighted by molar-refractivity contribution is -0.118. The Hall–Kier alpha value is -2.67. The second-order valence-corrected chi connectivity index (χ2v) is 6.94. The molecule has 0 fully saturated rings. The van der Waals surface area contributed by atoms with Crippen molar-refractivity contribution in [1.29, 1.82) is 0 Å². The smallest absolute Gasteiger partial charge is 0.230 e. The van der Waals surface area contributed by atoms with Crippen molar-refractivity contribution in [2.75, 3.05) is 12.3 Å². The Labute approximate surface area is 161 Å². The number of thioether (sulfide) groups is 1. The maximum absolute atomic E-state index is 13.5. The van der Waals surface area contributed by atoms with Crippen LogP contribution >= 0.6 is 11.8 Å². The number of hydrogen-bond donors (Lipinski definition) is 2. The minimum absolute atomic E-state index is 0.130. The molecule has 0 saturated carbocycles. The van der Waals surface area contributed by atoms with E-state index in [4.69, 9.17) is 0 Å². The van der Waals surface area contributed by atoms with Crippen molar-refractivity contribution in [3.05, 3.63) is 65.5 Å². The SMILES string of the molecule is CCc1ccc(-c2nc(SCC(=O)NCCc3ccccc3F)n[nH]2)cc1. The number of halogens is 1. The Morgan fingerprint density at radius 1 is 1.19 bits per heavy atom. The van der Waals surface area contributed by atoms with Crippen LogP contribution in [0, 0.1) is 5.82 Å². The van der Waals surface area contributed by atoms with E-state index in [1.807, 2.05) is 12.1 Å². The molecule has 0 aliphatic rings. The second kappa shape index (κ2) is 9.32. The average Bonchev–Trinajstić information content (AvgIpc) is 3.17. The predicted octanol–water partition coefficient (Wildman–Crippen LogP) is 3.62. The van der Waals surface area contributed by atoms with Gasteiger partial charge in [0.15, 0.2) is 5.82 Å². The summed E-state index contributed by atoms with van der Waals surface area (Å²) in [6, 6.07) is 14.7. The summed E-state index contributed by atoms with van der Waals surface area (Å²) in [5.41, 5.74) is 2.82. The Morgan fingerprint density at radius 2 is 1.96 bits per heavy atom. The van der Waals surface area contributed by atoms with Crippen LogP contribution in [0.25, 0.3) is 11.4 Å².